The minimum Gasteiger partial charge on any atom is -0.383 e. The Morgan fingerprint density at radius 2 is 2.11 bits per heavy atom. The van der Waals surface area contributed by atoms with Gasteiger partial charge in [0.2, 0.25) is 5.82 Å². The molecule has 0 fully saturated rings. The molecule has 0 saturated heterocycles. The average molecular weight is 387 g/mol. The van der Waals surface area contributed by atoms with E-state index in [9.17, 15) is 14.3 Å². The lowest BCUT2D eigenvalue weighted by atomic mass is 10.1. The summed E-state index contributed by atoms with van der Waals surface area (Å²) < 4.78 is 27.1. The summed E-state index contributed by atoms with van der Waals surface area (Å²) in [5.74, 6) is -0.368. The molecule has 0 saturated carbocycles. The highest BCUT2D eigenvalue weighted by Gasteiger charge is 2.26. The Hall–Kier alpha value is -3.11. The second-order valence-electron chi connectivity index (χ2n) is 6.88. The van der Waals surface area contributed by atoms with Gasteiger partial charge < -0.3 is 18.9 Å². The lowest BCUT2D eigenvalue weighted by molar-refractivity contribution is 0.0661. The third kappa shape index (κ3) is 2.86. The molecule has 0 bridgehead atoms. The van der Waals surface area contributed by atoms with Crippen LogP contribution in [0.2, 0.25) is 0 Å². The Bertz CT molecular complexity index is 1230. The van der Waals surface area contributed by atoms with Crippen molar-refractivity contribution in [3.63, 3.8) is 0 Å². The van der Waals surface area contributed by atoms with E-state index in [1.807, 2.05) is 0 Å². The van der Waals surface area contributed by atoms with E-state index in [4.69, 9.17) is 9.26 Å². The summed E-state index contributed by atoms with van der Waals surface area (Å²) in [7, 11) is 1.52. The molecule has 0 spiro atoms. The van der Waals surface area contributed by atoms with E-state index in [0.717, 1.165) is 0 Å². The molecule has 0 radical (unpaired) electrons. The van der Waals surface area contributed by atoms with Gasteiger partial charge in [-0.05, 0) is 32.0 Å². The van der Waals surface area contributed by atoms with Gasteiger partial charge in [0.1, 0.15) is 23.3 Å². The van der Waals surface area contributed by atoms with Crippen LogP contribution >= 0.6 is 0 Å². The molecule has 0 unspecified atom stereocenters. The van der Waals surface area contributed by atoms with Crippen LogP contribution in [0.25, 0.3) is 28.1 Å². The number of aromatic nitrogens is 5. The molecule has 10 heteroatoms. The maximum atomic E-state index is 13.8. The first-order valence-electron chi connectivity index (χ1n) is 8.56. The fourth-order valence-corrected chi connectivity index (χ4v) is 3.02. The topological polar surface area (TPSA) is 108 Å². The third-order valence-electron chi connectivity index (χ3n) is 4.40. The van der Waals surface area contributed by atoms with Gasteiger partial charge >= 0.3 is 0 Å². The van der Waals surface area contributed by atoms with Crippen LogP contribution in [-0.2, 0) is 16.9 Å². The van der Waals surface area contributed by atoms with Gasteiger partial charge in [0.05, 0.1) is 17.6 Å². The summed E-state index contributed by atoms with van der Waals surface area (Å²) in [5.41, 5.74) is -0.299. The molecular weight excluding hydrogens is 369 g/mol. The molecule has 0 aliphatic carbocycles. The first-order chi connectivity index (χ1) is 13.3. The number of halogens is 1. The number of imidazole rings is 1. The van der Waals surface area contributed by atoms with E-state index in [1.54, 1.807) is 10.5 Å². The molecule has 3 heterocycles. The second kappa shape index (κ2) is 6.50. The van der Waals surface area contributed by atoms with Crippen molar-refractivity contribution in [2.45, 2.75) is 26.0 Å². The molecule has 9 nitrogen and oxygen atoms in total. The van der Waals surface area contributed by atoms with Crippen LogP contribution in [0.5, 0.6) is 0 Å². The number of nitrogens with zero attached hydrogens (tertiary/aromatic N) is 5. The van der Waals surface area contributed by atoms with Gasteiger partial charge in [-0.2, -0.15) is 4.98 Å². The summed E-state index contributed by atoms with van der Waals surface area (Å²) in [4.78, 5) is 21.6. The van der Waals surface area contributed by atoms with Gasteiger partial charge in [0, 0.05) is 13.7 Å². The molecule has 0 aliphatic heterocycles. The maximum Gasteiger partial charge on any atom is 0.279 e. The highest BCUT2D eigenvalue weighted by molar-refractivity contribution is 5.83. The zero-order valence-corrected chi connectivity index (χ0v) is 15.5. The van der Waals surface area contributed by atoms with Crippen LogP contribution in [0.3, 0.4) is 0 Å². The number of ether oxygens (including phenoxy) is 1. The van der Waals surface area contributed by atoms with E-state index in [2.05, 4.69) is 15.1 Å². The van der Waals surface area contributed by atoms with Crippen LogP contribution in [0.4, 0.5) is 4.39 Å². The summed E-state index contributed by atoms with van der Waals surface area (Å²) in [5, 5.41) is 13.8. The van der Waals surface area contributed by atoms with Crippen LogP contribution < -0.4 is 5.56 Å². The second-order valence-corrected chi connectivity index (χ2v) is 6.88. The molecule has 3 aromatic heterocycles. The van der Waals surface area contributed by atoms with Gasteiger partial charge in [-0.25, -0.2) is 9.37 Å². The summed E-state index contributed by atoms with van der Waals surface area (Å²) in [6, 6.07) is 4.18. The third-order valence-corrected chi connectivity index (χ3v) is 4.40. The first-order valence-corrected chi connectivity index (χ1v) is 8.56. The Morgan fingerprint density at radius 3 is 2.79 bits per heavy atom. The molecule has 4 aromatic rings. The van der Waals surface area contributed by atoms with Gasteiger partial charge in [-0.15, -0.1) is 0 Å². The van der Waals surface area contributed by atoms with Gasteiger partial charge in [0.15, 0.2) is 5.69 Å². The highest BCUT2D eigenvalue weighted by Crippen LogP contribution is 2.25. The summed E-state index contributed by atoms with van der Waals surface area (Å²) in [6.45, 7) is 3.54. The smallest absolute Gasteiger partial charge is 0.279 e. The summed E-state index contributed by atoms with van der Waals surface area (Å²) in [6.07, 6.45) is 1.45. The zero-order valence-electron chi connectivity index (χ0n) is 15.5. The standard InChI is InChI=1S/C18H18FN5O4/c1-18(2,26)17-21-15(28-22-17)13-14-16(25)23(6-7-27-3)12-8-10(19)4-5-11(12)24(14)9-20-13/h4-5,8-9,26H,6-7H2,1-3H3. The minimum absolute atomic E-state index is 0.0106. The van der Waals surface area contributed by atoms with Crippen molar-refractivity contribution in [3.05, 3.63) is 46.5 Å². The SMILES string of the molecule is COCCn1c(=O)c2c(-c3nc(C(C)(C)O)no3)ncn2c2ccc(F)cc21. The van der Waals surface area contributed by atoms with E-state index < -0.39 is 17.0 Å². The van der Waals surface area contributed by atoms with E-state index >= 15 is 0 Å². The van der Waals surface area contributed by atoms with Gasteiger partial charge in [0.25, 0.3) is 11.4 Å². The normalized spacial score (nSPS) is 12.3. The molecule has 0 amide bonds. The van der Waals surface area contributed by atoms with Crippen molar-refractivity contribution in [1.82, 2.24) is 24.1 Å². The number of fused-ring (bicyclic) bond motifs is 3. The lowest BCUT2D eigenvalue weighted by Gasteiger charge is -2.12. The number of hydrogen-bond donors (Lipinski definition) is 1. The first kappa shape index (κ1) is 18.3. The van der Waals surface area contributed by atoms with Crippen LogP contribution in [0.1, 0.15) is 19.7 Å². The Morgan fingerprint density at radius 1 is 1.32 bits per heavy atom. The largest absolute Gasteiger partial charge is 0.383 e. The number of rotatable bonds is 5. The highest BCUT2D eigenvalue weighted by atomic mass is 19.1. The molecule has 1 N–H and O–H groups in total. The number of methoxy groups -OCH3 is 1. The molecule has 0 atom stereocenters. The zero-order chi connectivity index (χ0) is 20.1. The predicted molar refractivity (Wildman–Crippen MR) is 97.3 cm³/mol. The molecule has 4 rings (SSSR count). The molecule has 28 heavy (non-hydrogen) atoms. The number of aliphatic hydroxyl groups is 1. The summed E-state index contributed by atoms with van der Waals surface area (Å²) >= 11 is 0. The van der Waals surface area contributed by atoms with Crippen molar-refractivity contribution >= 4 is 16.6 Å². The lowest BCUT2D eigenvalue weighted by Crippen LogP contribution is -2.25. The van der Waals surface area contributed by atoms with Crippen LogP contribution in [-0.4, -0.2) is 42.9 Å². The predicted octanol–water partition coefficient (Wildman–Crippen LogP) is 1.71. The van der Waals surface area contributed by atoms with Crippen molar-refractivity contribution < 1.29 is 18.8 Å². The van der Waals surface area contributed by atoms with Gasteiger partial charge in [-0.3, -0.25) is 9.20 Å². The molecular formula is C18H18FN5O4. The maximum absolute atomic E-state index is 13.8. The fourth-order valence-electron chi connectivity index (χ4n) is 3.02. The Labute approximate surface area is 158 Å². The van der Waals surface area contributed by atoms with Gasteiger partial charge in [-0.1, -0.05) is 5.16 Å². The van der Waals surface area contributed by atoms with Crippen LogP contribution in [0.15, 0.2) is 33.8 Å². The van der Waals surface area contributed by atoms with E-state index in [-0.39, 0.29) is 36.1 Å². The minimum atomic E-state index is -1.31. The number of benzene rings is 1. The molecule has 146 valence electrons. The Balaban J connectivity index is 2.02. The fraction of sp³-hybridized carbons (Fsp3) is 0.333. The number of hydrogen-bond acceptors (Lipinski definition) is 7. The van der Waals surface area contributed by atoms with Crippen molar-refractivity contribution in [2.75, 3.05) is 13.7 Å². The average Bonchev–Trinajstić information content (AvgIpc) is 3.28. The molecule has 0 aliphatic rings. The quantitative estimate of drug-likeness (QED) is 0.555. The Kier molecular flexibility index (Phi) is 4.24. The van der Waals surface area contributed by atoms with Crippen molar-refractivity contribution in [3.8, 4) is 11.6 Å². The molecule has 1 aromatic carbocycles. The van der Waals surface area contributed by atoms with E-state index in [0.29, 0.717) is 11.0 Å². The van der Waals surface area contributed by atoms with Crippen molar-refractivity contribution in [2.24, 2.45) is 0 Å². The van der Waals surface area contributed by atoms with Crippen molar-refractivity contribution in [1.29, 1.82) is 0 Å². The monoisotopic (exact) mass is 387 g/mol. The van der Waals surface area contributed by atoms with E-state index in [1.165, 1.54) is 44.0 Å². The van der Waals surface area contributed by atoms with Crippen LogP contribution in [0, 0.1) is 5.82 Å².